The summed E-state index contributed by atoms with van der Waals surface area (Å²) in [6.07, 6.45) is 0.230. The number of nitrogens with zero attached hydrogens (tertiary/aromatic N) is 1. The van der Waals surface area contributed by atoms with Gasteiger partial charge in [-0.3, -0.25) is 9.59 Å². The van der Waals surface area contributed by atoms with E-state index in [1.54, 1.807) is 36.3 Å². The molecule has 0 aliphatic carbocycles. The third-order valence-corrected chi connectivity index (χ3v) is 4.21. The first-order chi connectivity index (χ1) is 12.0. The summed E-state index contributed by atoms with van der Waals surface area (Å²) in [6.45, 7) is 1.86. The summed E-state index contributed by atoms with van der Waals surface area (Å²) >= 11 is 0. The molecule has 0 spiro atoms. The smallest absolute Gasteiger partial charge is 0.258 e. The van der Waals surface area contributed by atoms with Gasteiger partial charge < -0.3 is 19.7 Å². The average Bonchev–Trinajstić information content (AvgIpc) is 2.74. The third-order valence-electron chi connectivity index (χ3n) is 4.21. The molecule has 25 heavy (non-hydrogen) atoms. The Morgan fingerprint density at radius 1 is 1.12 bits per heavy atom. The largest absolute Gasteiger partial charge is 0.493 e. The van der Waals surface area contributed by atoms with E-state index in [2.05, 4.69) is 5.32 Å². The number of carbonyl (C=O) groups excluding carboxylic acids is 2. The number of fused-ring (bicyclic) bond motifs is 1. The predicted molar refractivity (Wildman–Crippen MR) is 95.5 cm³/mol. The number of ether oxygens (including phenoxy) is 2. The maximum Gasteiger partial charge on any atom is 0.258 e. The number of methoxy groups -OCH3 is 2. The zero-order chi connectivity index (χ0) is 18.0. The van der Waals surface area contributed by atoms with Crippen molar-refractivity contribution in [3.63, 3.8) is 0 Å². The molecule has 130 valence electrons. The van der Waals surface area contributed by atoms with Gasteiger partial charge in [0.25, 0.3) is 5.91 Å². The highest BCUT2D eigenvalue weighted by Gasteiger charge is 2.30. The summed E-state index contributed by atoms with van der Waals surface area (Å²) < 4.78 is 10.5. The minimum absolute atomic E-state index is 0.109. The van der Waals surface area contributed by atoms with Crippen LogP contribution in [0, 0.1) is 0 Å². The Kier molecular flexibility index (Phi) is 4.61. The van der Waals surface area contributed by atoms with Crippen molar-refractivity contribution >= 4 is 23.2 Å². The molecule has 0 bridgehead atoms. The molecular weight excluding hydrogens is 320 g/mol. The first-order valence-corrected chi connectivity index (χ1v) is 7.99. The average molecular weight is 340 g/mol. The van der Waals surface area contributed by atoms with Gasteiger partial charge in [0, 0.05) is 18.0 Å². The van der Waals surface area contributed by atoms with E-state index in [9.17, 15) is 9.59 Å². The Hall–Kier alpha value is -3.02. The Labute approximate surface area is 146 Å². The van der Waals surface area contributed by atoms with E-state index >= 15 is 0 Å². The summed E-state index contributed by atoms with van der Waals surface area (Å²) in [5.74, 6) is 0.735. The number of anilines is 2. The molecule has 2 amide bonds. The van der Waals surface area contributed by atoms with Crippen molar-refractivity contribution in [2.24, 2.45) is 0 Å². The van der Waals surface area contributed by atoms with Gasteiger partial charge in [-0.15, -0.1) is 0 Å². The highest BCUT2D eigenvalue weighted by molar-refractivity contribution is 6.11. The van der Waals surface area contributed by atoms with E-state index < -0.39 is 0 Å². The summed E-state index contributed by atoms with van der Waals surface area (Å²) in [6, 6.07) is 12.1. The van der Waals surface area contributed by atoms with Crippen molar-refractivity contribution in [1.82, 2.24) is 0 Å². The Morgan fingerprint density at radius 3 is 2.56 bits per heavy atom. The van der Waals surface area contributed by atoms with Gasteiger partial charge in [-0.05, 0) is 37.3 Å². The zero-order valence-electron chi connectivity index (χ0n) is 14.4. The minimum Gasteiger partial charge on any atom is -0.493 e. The molecule has 3 rings (SSSR count). The monoisotopic (exact) mass is 340 g/mol. The van der Waals surface area contributed by atoms with Crippen LogP contribution in [0.4, 0.5) is 11.4 Å². The van der Waals surface area contributed by atoms with Crippen LogP contribution in [-0.4, -0.2) is 32.1 Å². The molecule has 2 aromatic carbocycles. The normalized spacial score (nSPS) is 16.5. The van der Waals surface area contributed by atoms with Crippen LogP contribution in [0.25, 0.3) is 0 Å². The molecule has 6 heteroatoms. The third kappa shape index (κ3) is 3.15. The van der Waals surface area contributed by atoms with E-state index in [0.29, 0.717) is 28.4 Å². The lowest BCUT2D eigenvalue weighted by atomic mass is 10.1. The van der Waals surface area contributed by atoms with E-state index in [1.807, 2.05) is 25.1 Å². The van der Waals surface area contributed by atoms with Crippen LogP contribution >= 0.6 is 0 Å². The summed E-state index contributed by atoms with van der Waals surface area (Å²) in [5, 5.41) is 2.85. The number of para-hydroxylation sites is 2. The standard InChI is InChI=1S/C19H20N2O4/c1-12-10-18(22)20-14-6-4-5-7-15(14)21(12)19(23)13-8-9-16(24-2)17(11-13)25-3/h4-9,11-12H,10H2,1-3H3,(H,20,22)/t12-/m0/s1. The van der Waals surface area contributed by atoms with Gasteiger partial charge in [0.2, 0.25) is 5.91 Å². The number of benzene rings is 2. The number of hydrogen-bond donors (Lipinski definition) is 1. The summed E-state index contributed by atoms with van der Waals surface area (Å²) in [5.41, 5.74) is 1.78. The van der Waals surface area contributed by atoms with Gasteiger partial charge in [0.05, 0.1) is 25.6 Å². The molecular formula is C19H20N2O4. The first kappa shape index (κ1) is 16.8. The van der Waals surface area contributed by atoms with Crippen molar-refractivity contribution in [2.75, 3.05) is 24.4 Å². The van der Waals surface area contributed by atoms with Crippen molar-refractivity contribution in [3.05, 3.63) is 48.0 Å². The van der Waals surface area contributed by atoms with E-state index in [-0.39, 0.29) is 24.3 Å². The van der Waals surface area contributed by atoms with Crippen molar-refractivity contribution in [2.45, 2.75) is 19.4 Å². The van der Waals surface area contributed by atoms with Gasteiger partial charge in [0.1, 0.15) is 0 Å². The topological polar surface area (TPSA) is 67.9 Å². The van der Waals surface area contributed by atoms with Crippen LogP contribution in [-0.2, 0) is 4.79 Å². The highest BCUT2D eigenvalue weighted by atomic mass is 16.5. The molecule has 1 heterocycles. The van der Waals surface area contributed by atoms with Crippen LogP contribution in [0.15, 0.2) is 42.5 Å². The second-order valence-corrected chi connectivity index (χ2v) is 5.86. The second-order valence-electron chi connectivity index (χ2n) is 5.86. The Bertz CT molecular complexity index is 819. The molecule has 1 atom stereocenters. The molecule has 0 fully saturated rings. The fourth-order valence-electron chi connectivity index (χ4n) is 3.01. The predicted octanol–water partition coefficient (Wildman–Crippen LogP) is 3.08. The van der Waals surface area contributed by atoms with E-state index in [1.165, 1.54) is 7.11 Å². The number of rotatable bonds is 3. The van der Waals surface area contributed by atoms with Crippen LogP contribution in [0.2, 0.25) is 0 Å². The molecule has 1 aliphatic heterocycles. The fourth-order valence-corrected chi connectivity index (χ4v) is 3.01. The lowest BCUT2D eigenvalue weighted by molar-refractivity contribution is -0.116. The van der Waals surface area contributed by atoms with Gasteiger partial charge in [-0.25, -0.2) is 0 Å². The van der Waals surface area contributed by atoms with Crippen LogP contribution in [0.5, 0.6) is 11.5 Å². The molecule has 1 aliphatic rings. The molecule has 0 unspecified atom stereocenters. The summed E-state index contributed by atoms with van der Waals surface area (Å²) in [4.78, 5) is 26.9. The van der Waals surface area contributed by atoms with Crippen LogP contribution in [0.1, 0.15) is 23.7 Å². The number of amides is 2. The van der Waals surface area contributed by atoms with Gasteiger partial charge in [-0.1, -0.05) is 12.1 Å². The van der Waals surface area contributed by atoms with Crippen molar-refractivity contribution < 1.29 is 19.1 Å². The molecule has 6 nitrogen and oxygen atoms in total. The number of carbonyl (C=O) groups is 2. The van der Waals surface area contributed by atoms with Gasteiger partial charge in [0.15, 0.2) is 11.5 Å². The molecule has 1 N–H and O–H groups in total. The molecule has 2 aromatic rings. The van der Waals surface area contributed by atoms with E-state index in [4.69, 9.17) is 9.47 Å². The van der Waals surface area contributed by atoms with Crippen LogP contribution < -0.4 is 19.7 Å². The molecule has 0 saturated carbocycles. The molecule has 0 aromatic heterocycles. The van der Waals surface area contributed by atoms with Gasteiger partial charge >= 0.3 is 0 Å². The number of hydrogen-bond acceptors (Lipinski definition) is 4. The lowest BCUT2D eigenvalue weighted by Crippen LogP contribution is -2.39. The fraction of sp³-hybridized carbons (Fsp3) is 0.263. The maximum absolute atomic E-state index is 13.2. The highest BCUT2D eigenvalue weighted by Crippen LogP contribution is 2.34. The van der Waals surface area contributed by atoms with Crippen molar-refractivity contribution in [1.29, 1.82) is 0 Å². The first-order valence-electron chi connectivity index (χ1n) is 7.99. The quantitative estimate of drug-likeness (QED) is 0.932. The summed E-state index contributed by atoms with van der Waals surface area (Å²) in [7, 11) is 3.07. The second kappa shape index (κ2) is 6.84. The van der Waals surface area contributed by atoms with Crippen molar-refractivity contribution in [3.8, 4) is 11.5 Å². The van der Waals surface area contributed by atoms with E-state index in [0.717, 1.165) is 0 Å². The molecule has 0 saturated heterocycles. The Morgan fingerprint density at radius 2 is 1.84 bits per heavy atom. The maximum atomic E-state index is 13.2. The molecule has 0 radical (unpaired) electrons. The van der Waals surface area contributed by atoms with Crippen LogP contribution in [0.3, 0.4) is 0 Å². The van der Waals surface area contributed by atoms with Gasteiger partial charge in [-0.2, -0.15) is 0 Å². The number of nitrogens with one attached hydrogen (secondary N) is 1. The zero-order valence-corrected chi connectivity index (χ0v) is 14.4. The SMILES string of the molecule is COc1ccc(C(=O)N2c3ccccc3NC(=O)C[C@@H]2C)cc1OC. The Balaban J connectivity index is 2.05. The lowest BCUT2D eigenvalue weighted by Gasteiger charge is -2.28. The minimum atomic E-state index is -0.274.